The molecule has 0 bridgehead atoms. The number of anilines is 1. The lowest BCUT2D eigenvalue weighted by molar-refractivity contribution is -0.111. The van der Waals surface area contributed by atoms with Crippen LogP contribution in [-0.4, -0.2) is 51.4 Å². The second-order valence-corrected chi connectivity index (χ2v) is 12.2. The number of nitriles is 1. The van der Waals surface area contributed by atoms with E-state index in [1.54, 1.807) is 48.3 Å². The Morgan fingerprint density at radius 2 is 1.91 bits per heavy atom. The number of aromatic nitrogens is 3. The molecule has 3 aromatic heterocycles. The van der Waals surface area contributed by atoms with E-state index < -0.39 is 0 Å². The van der Waals surface area contributed by atoms with Gasteiger partial charge >= 0.3 is 0 Å². The first-order valence-electron chi connectivity index (χ1n) is 15.0. The Labute approximate surface area is 276 Å². The highest BCUT2D eigenvalue weighted by Gasteiger charge is 2.22. The molecule has 0 radical (unpaired) electrons. The number of fused-ring (bicyclic) bond motifs is 2. The van der Waals surface area contributed by atoms with Gasteiger partial charge in [-0.2, -0.15) is 5.26 Å². The first-order chi connectivity index (χ1) is 22.3. The fourth-order valence-corrected chi connectivity index (χ4v) is 6.79. The molecule has 11 heteroatoms. The number of nitrogens with zero attached hydrogens (tertiary/aromatic N) is 4. The van der Waals surface area contributed by atoms with Gasteiger partial charge in [-0.05, 0) is 68.1 Å². The molecule has 1 aliphatic carbocycles. The smallest absolute Gasteiger partial charge is 0.248 e. The zero-order chi connectivity index (χ0) is 32.4. The molecule has 0 aliphatic heterocycles. The van der Waals surface area contributed by atoms with Gasteiger partial charge in [-0.3, -0.25) is 9.59 Å². The van der Waals surface area contributed by atoms with Crippen molar-refractivity contribution >= 4 is 57.1 Å². The number of halogens is 2. The summed E-state index contributed by atoms with van der Waals surface area (Å²) < 4.78 is 9.04. The summed E-state index contributed by atoms with van der Waals surface area (Å²) in [4.78, 5) is 30.7. The molecule has 3 heterocycles. The van der Waals surface area contributed by atoms with Gasteiger partial charge in [0.05, 0.1) is 50.5 Å². The summed E-state index contributed by atoms with van der Waals surface area (Å²) in [5.74, 6) is -0.638. The second-order valence-electron chi connectivity index (χ2n) is 11.4. The van der Waals surface area contributed by atoms with E-state index in [0.29, 0.717) is 56.8 Å². The molecule has 234 valence electrons. The van der Waals surface area contributed by atoms with Gasteiger partial charge in [0, 0.05) is 55.7 Å². The molecule has 1 saturated carbocycles. The Morgan fingerprint density at radius 1 is 1.11 bits per heavy atom. The molecule has 2 aromatic carbocycles. The first-order valence-corrected chi connectivity index (χ1v) is 15.8. The topological polar surface area (TPSA) is 113 Å². The van der Waals surface area contributed by atoms with Crippen molar-refractivity contribution in [2.75, 3.05) is 19.0 Å². The summed E-state index contributed by atoms with van der Waals surface area (Å²) in [6, 6.07) is 16.3. The minimum absolute atomic E-state index is 0.185. The Balaban J connectivity index is 1.18. The number of carbonyl (C=O) groups excluding carboxylic acids is 2. The number of benzene rings is 2. The average molecular weight is 656 g/mol. The van der Waals surface area contributed by atoms with Gasteiger partial charge in [-0.25, -0.2) is 4.98 Å². The van der Waals surface area contributed by atoms with E-state index in [2.05, 4.69) is 21.7 Å². The molecule has 1 fully saturated rings. The molecule has 1 amide bonds. The number of pyridine rings is 1. The largest absolute Gasteiger partial charge is 0.381 e. The van der Waals surface area contributed by atoms with E-state index in [-0.39, 0.29) is 17.3 Å². The van der Waals surface area contributed by atoms with Crippen molar-refractivity contribution < 1.29 is 14.3 Å². The molecule has 2 N–H and O–H groups in total. The van der Waals surface area contributed by atoms with E-state index in [4.69, 9.17) is 27.9 Å². The summed E-state index contributed by atoms with van der Waals surface area (Å²) in [5, 5.41) is 16.9. The normalized spacial score (nSPS) is 16.7. The monoisotopic (exact) mass is 654 g/mol. The van der Waals surface area contributed by atoms with Gasteiger partial charge in [0.1, 0.15) is 11.6 Å². The molecule has 1 aliphatic rings. The van der Waals surface area contributed by atoms with Crippen LogP contribution in [0.15, 0.2) is 73.2 Å². The molecule has 46 heavy (non-hydrogen) atoms. The minimum Gasteiger partial charge on any atom is -0.381 e. The first kappa shape index (κ1) is 31.5. The SMILES string of the molecule is CO[C@H]1CC[C@H](NC/C=C/C(=O)Nc2ccc(C(=O)c3ccc4c(-c5c(Cl)cc6c(ncn6C)c5Cl)cccn34)cc2C#N)CC1. The van der Waals surface area contributed by atoms with Crippen LogP contribution >= 0.6 is 23.2 Å². The number of hydrogen-bond acceptors (Lipinski definition) is 6. The van der Waals surface area contributed by atoms with Gasteiger partial charge in [-0.1, -0.05) is 35.3 Å². The quantitative estimate of drug-likeness (QED) is 0.131. The lowest BCUT2D eigenvalue weighted by Crippen LogP contribution is -2.35. The zero-order valence-electron chi connectivity index (χ0n) is 25.4. The van der Waals surface area contributed by atoms with Crippen LogP contribution < -0.4 is 10.6 Å². The molecule has 0 spiro atoms. The van der Waals surface area contributed by atoms with Crippen molar-refractivity contribution in [2.24, 2.45) is 7.05 Å². The highest BCUT2D eigenvalue weighted by atomic mass is 35.5. The second kappa shape index (κ2) is 13.5. The van der Waals surface area contributed by atoms with Crippen molar-refractivity contribution in [3.8, 4) is 17.2 Å². The maximum atomic E-state index is 13.7. The number of methoxy groups -OCH3 is 1. The van der Waals surface area contributed by atoms with E-state index in [0.717, 1.165) is 42.3 Å². The molecule has 6 rings (SSSR count). The fraction of sp³-hybridized carbons (Fsp3) is 0.257. The average Bonchev–Trinajstić information content (AvgIpc) is 3.67. The summed E-state index contributed by atoms with van der Waals surface area (Å²) in [6.07, 6.45) is 11.2. The van der Waals surface area contributed by atoms with Crippen LogP contribution in [0.2, 0.25) is 10.0 Å². The highest BCUT2D eigenvalue weighted by molar-refractivity contribution is 6.43. The van der Waals surface area contributed by atoms with Crippen molar-refractivity contribution in [2.45, 2.75) is 37.8 Å². The number of nitrogens with one attached hydrogen (secondary N) is 2. The minimum atomic E-state index is -0.355. The van der Waals surface area contributed by atoms with Crippen LogP contribution in [0, 0.1) is 11.3 Å². The number of ketones is 1. The Bertz CT molecular complexity index is 2030. The van der Waals surface area contributed by atoms with Crippen LogP contribution in [0.3, 0.4) is 0 Å². The van der Waals surface area contributed by atoms with Crippen LogP contribution in [0.1, 0.15) is 47.3 Å². The van der Waals surface area contributed by atoms with Crippen molar-refractivity contribution in [3.63, 3.8) is 0 Å². The summed E-state index contributed by atoms with van der Waals surface area (Å²) >= 11 is 13.5. The van der Waals surface area contributed by atoms with Crippen LogP contribution in [0.4, 0.5) is 5.69 Å². The number of aryl methyl sites for hydroxylation is 1. The van der Waals surface area contributed by atoms with Gasteiger partial charge in [0.25, 0.3) is 0 Å². The number of imidazole rings is 1. The molecular formula is C35H32Cl2N6O3. The number of rotatable bonds is 9. The summed E-state index contributed by atoms with van der Waals surface area (Å²) in [7, 11) is 3.62. The predicted molar refractivity (Wildman–Crippen MR) is 181 cm³/mol. The Hall–Kier alpha value is -4.46. The van der Waals surface area contributed by atoms with Crippen molar-refractivity contribution in [1.29, 1.82) is 5.26 Å². The number of hydrogen-bond donors (Lipinski definition) is 2. The van der Waals surface area contributed by atoms with E-state index in [1.165, 1.54) is 12.1 Å². The molecule has 0 atom stereocenters. The van der Waals surface area contributed by atoms with E-state index >= 15 is 0 Å². The molecule has 5 aromatic rings. The maximum Gasteiger partial charge on any atom is 0.248 e. The summed E-state index contributed by atoms with van der Waals surface area (Å²) in [5.41, 5.74) is 4.79. The van der Waals surface area contributed by atoms with Gasteiger partial charge < -0.3 is 24.3 Å². The van der Waals surface area contributed by atoms with E-state index in [9.17, 15) is 14.9 Å². The summed E-state index contributed by atoms with van der Waals surface area (Å²) in [6.45, 7) is 0.567. The van der Waals surface area contributed by atoms with Crippen LogP contribution in [0.25, 0.3) is 27.7 Å². The third kappa shape index (κ3) is 6.17. The predicted octanol–water partition coefficient (Wildman–Crippen LogP) is 6.94. The lowest BCUT2D eigenvalue weighted by Gasteiger charge is -2.27. The zero-order valence-corrected chi connectivity index (χ0v) is 26.9. The third-order valence-electron chi connectivity index (χ3n) is 8.57. The number of ether oxygens (including phenoxy) is 1. The molecule has 0 saturated heterocycles. The lowest BCUT2D eigenvalue weighted by atomic mass is 9.93. The van der Waals surface area contributed by atoms with Crippen LogP contribution in [-0.2, 0) is 16.6 Å². The molecule has 0 unspecified atom stereocenters. The maximum absolute atomic E-state index is 13.7. The fourth-order valence-electron chi connectivity index (χ4n) is 6.09. The number of amides is 1. The van der Waals surface area contributed by atoms with Gasteiger partial charge in [-0.15, -0.1) is 0 Å². The number of carbonyl (C=O) groups is 2. The van der Waals surface area contributed by atoms with Gasteiger partial charge in [0.15, 0.2) is 0 Å². The molecule has 9 nitrogen and oxygen atoms in total. The third-order valence-corrected chi connectivity index (χ3v) is 9.23. The van der Waals surface area contributed by atoms with Crippen molar-refractivity contribution in [3.05, 3.63) is 100 Å². The van der Waals surface area contributed by atoms with Crippen molar-refractivity contribution in [1.82, 2.24) is 19.3 Å². The van der Waals surface area contributed by atoms with Gasteiger partial charge in [0.2, 0.25) is 11.7 Å². The highest BCUT2D eigenvalue weighted by Crippen LogP contribution is 2.41. The molecular weight excluding hydrogens is 623 g/mol. The standard InChI is InChI=1S/C35H32Cl2N6O3/c1-42-20-40-34-30(42)18-26(36)32(33(34)37)25-5-4-16-43-28(25)13-14-29(43)35(45)21-7-12-27(22(17-21)19-38)41-31(44)6-3-15-39-23-8-10-24(46-2)11-9-23/h3-7,12-14,16-18,20,23-24,39H,8-11,15H2,1-2H3,(H,41,44)/b6-3+/t23-,24-. The Morgan fingerprint density at radius 3 is 2.67 bits per heavy atom. The Kier molecular flexibility index (Phi) is 9.24. The van der Waals surface area contributed by atoms with Crippen LogP contribution in [0.5, 0.6) is 0 Å². The van der Waals surface area contributed by atoms with E-state index in [1.807, 2.05) is 35.9 Å².